The summed E-state index contributed by atoms with van der Waals surface area (Å²) < 4.78 is 12.4. The molecule has 2 aliphatic rings. The predicted octanol–water partition coefficient (Wildman–Crippen LogP) is 6.21. The van der Waals surface area contributed by atoms with Gasteiger partial charge in [0.2, 0.25) is 0 Å². The second-order valence-electron chi connectivity index (χ2n) is 9.59. The third kappa shape index (κ3) is 5.40. The first-order valence-electron chi connectivity index (χ1n) is 11.3. The monoisotopic (exact) mass is 499 g/mol. The van der Waals surface area contributed by atoms with Gasteiger partial charge in [-0.1, -0.05) is 38.1 Å². The van der Waals surface area contributed by atoms with Crippen molar-refractivity contribution in [2.75, 3.05) is 26.2 Å². The van der Waals surface area contributed by atoms with Crippen molar-refractivity contribution >= 4 is 24.2 Å². The number of thioether (sulfide) groups is 1. The zero-order chi connectivity index (χ0) is 23.0. The second-order valence-corrected chi connectivity index (χ2v) is 10.8. The van der Waals surface area contributed by atoms with Crippen LogP contribution in [0.15, 0.2) is 71.6 Å². The topological polar surface area (TPSA) is 62.2 Å². The van der Waals surface area contributed by atoms with Crippen molar-refractivity contribution in [3.8, 4) is 23.0 Å². The maximum atomic E-state index is 9.93. The van der Waals surface area contributed by atoms with Crippen LogP contribution in [0.5, 0.6) is 23.0 Å². The third-order valence-electron chi connectivity index (χ3n) is 6.12. The molecule has 5 rings (SSSR count). The molecule has 3 aromatic rings. The highest BCUT2D eigenvalue weighted by Gasteiger charge is 2.34. The number of benzene rings is 3. The highest BCUT2D eigenvalue weighted by Crippen LogP contribution is 2.54. The van der Waals surface area contributed by atoms with Gasteiger partial charge in [0.25, 0.3) is 0 Å². The minimum atomic E-state index is -0.214. The van der Waals surface area contributed by atoms with Crippen LogP contribution in [0.2, 0.25) is 0 Å². The molecule has 34 heavy (non-hydrogen) atoms. The molecular formula is C27H30ClNO4S. The Bertz CT molecular complexity index is 1110. The van der Waals surface area contributed by atoms with Gasteiger partial charge in [-0.15, -0.1) is 24.2 Å². The lowest BCUT2D eigenvalue weighted by Crippen LogP contribution is -2.53. The van der Waals surface area contributed by atoms with Crippen LogP contribution < -0.4 is 9.47 Å². The fourth-order valence-electron chi connectivity index (χ4n) is 4.60. The van der Waals surface area contributed by atoms with E-state index < -0.39 is 0 Å². The maximum Gasteiger partial charge on any atom is 0.140 e. The molecule has 0 saturated carbocycles. The Hall–Kier alpha value is -2.54. The molecule has 1 fully saturated rings. The number of likely N-dealkylation sites (tertiary alicyclic amines) is 1. The standard InChI is InChI=1S/C27H29NO4S.ClH/c1-27(2)16-28(17-27)13-14-31-22-10-5-18(6-11-22)25-26(19-3-7-20(29)8-4-19)33-24-15-21(30)9-12-23(24)32-25;/h3-12,15,25-26,29-30H,13-14,16-17H2,1-2H3;1H/t25-,26+;/m0./s1. The molecule has 0 radical (unpaired) electrons. The Balaban J connectivity index is 0.00000274. The largest absolute Gasteiger partial charge is 0.508 e. The van der Waals surface area contributed by atoms with Gasteiger partial charge >= 0.3 is 0 Å². The van der Waals surface area contributed by atoms with E-state index in [-0.39, 0.29) is 35.3 Å². The molecule has 2 atom stereocenters. The number of nitrogens with zero attached hydrogens (tertiary/aromatic N) is 1. The Kier molecular flexibility index (Phi) is 7.22. The van der Waals surface area contributed by atoms with Gasteiger partial charge in [0.1, 0.15) is 35.7 Å². The average molecular weight is 500 g/mol. The molecule has 0 bridgehead atoms. The van der Waals surface area contributed by atoms with Gasteiger partial charge in [-0.3, -0.25) is 4.90 Å². The fraction of sp³-hybridized carbons (Fsp3) is 0.333. The van der Waals surface area contributed by atoms with E-state index in [9.17, 15) is 10.2 Å². The number of halogens is 1. The summed E-state index contributed by atoms with van der Waals surface area (Å²) in [5, 5.41) is 19.6. The number of hydrogen-bond donors (Lipinski definition) is 2. The summed E-state index contributed by atoms with van der Waals surface area (Å²) in [6.45, 7) is 8.47. The predicted molar refractivity (Wildman–Crippen MR) is 138 cm³/mol. The van der Waals surface area contributed by atoms with Crippen molar-refractivity contribution in [3.05, 3.63) is 77.9 Å². The van der Waals surface area contributed by atoms with Crippen LogP contribution in [-0.4, -0.2) is 41.4 Å². The Morgan fingerprint density at radius 1 is 0.941 bits per heavy atom. The smallest absolute Gasteiger partial charge is 0.140 e. The van der Waals surface area contributed by atoms with Crippen LogP contribution in [0, 0.1) is 5.41 Å². The maximum absolute atomic E-state index is 9.93. The number of aromatic hydroxyl groups is 2. The molecule has 0 aromatic heterocycles. The fourth-order valence-corrected chi connectivity index (χ4v) is 5.93. The quantitative estimate of drug-likeness (QED) is 0.420. The van der Waals surface area contributed by atoms with Crippen LogP contribution in [0.25, 0.3) is 0 Å². The molecule has 2 aliphatic heterocycles. The summed E-state index contributed by atoms with van der Waals surface area (Å²) in [6.07, 6.45) is -0.214. The molecule has 1 saturated heterocycles. The molecule has 5 nitrogen and oxygen atoms in total. The second kappa shape index (κ2) is 9.98. The van der Waals surface area contributed by atoms with Crippen molar-refractivity contribution in [1.29, 1.82) is 0 Å². The van der Waals surface area contributed by atoms with E-state index in [1.54, 1.807) is 36.0 Å². The van der Waals surface area contributed by atoms with Crippen molar-refractivity contribution < 1.29 is 19.7 Å². The van der Waals surface area contributed by atoms with Crippen molar-refractivity contribution in [2.45, 2.75) is 30.1 Å². The Labute approximate surface area is 211 Å². The SMILES string of the molecule is CC1(C)CN(CCOc2ccc([C@@H]3Oc4ccc(O)cc4S[C@@H]3c3ccc(O)cc3)cc2)C1.Cl. The minimum absolute atomic E-state index is 0. The highest BCUT2D eigenvalue weighted by molar-refractivity contribution is 7.99. The van der Waals surface area contributed by atoms with Gasteiger partial charge in [0, 0.05) is 19.6 Å². The molecule has 3 aromatic carbocycles. The number of hydrogen-bond acceptors (Lipinski definition) is 6. The number of ether oxygens (including phenoxy) is 2. The van der Waals surface area contributed by atoms with E-state index in [1.165, 1.54) is 0 Å². The van der Waals surface area contributed by atoms with Crippen molar-refractivity contribution in [3.63, 3.8) is 0 Å². The molecule has 2 N–H and O–H groups in total. The van der Waals surface area contributed by atoms with Crippen LogP contribution in [0.1, 0.15) is 36.3 Å². The average Bonchev–Trinajstić information content (AvgIpc) is 2.78. The summed E-state index contributed by atoms with van der Waals surface area (Å²) >= 11 is 1.66. The van der Waals surface area contributed by atoms with E-state index in [2.05, 4.69) is 30.9 Å². The first-order valence-corrected chi connectivity index (χ1v) is 12.1. The van der Waals surface area contributed by atoms with E-state index in [4.69, 9.17) is 9.47 Å². The van der Waals surface area contributed by atoms with Crippen LogP contribution in [0.4, 0.5) is 0 Å². The number of phenolic OH excluding ortho intramolecular Hbond substituents is 2. The molecule has 0 aliphatic carbocycles. The van der Waals surface area contributed by atoms with Gasteiger partial charge in [0.05, 0.1) is 10.1 Å². The summed E-state index contributed by atoms with van der Waals surface area (Å²) in [5.74, 6) is 2.07. The molecule has 0 amide bonds. The number of fused-ring (bicyclic) bond motifs is 1. The summed E-state index contributed by atoms with van der Waals surface area (Å²) in [7, 11) is 0. The number of rotatable bonds is 6. The first-order chi connectivity index (χ1) is 15.9. The summed E-state index contributed by atoms with van der Waals surface area (Å²) in [6, 6.07) is 20.6. The van der Waals surface area contributed by atoms with Crippen molar-refractivity contribution in [2.24, 2.45) is 5.41 Å². The molecular weight excluding hydrogens is 470 g/mol. The first kappa shape index (κ1) is 24.6. The molecule has 0 unspecified atom stereocenters. The molecule has 2 heterocycles. The summed E-state index contributed by atoms with van der Waals surface area (Å²) in [4.78, 5) is 3.32. The van der Waals surface area contributed by atoms with E-state index in [0.29, 0.717) is 12.0 Å². The van der Waals surface area contributed by atoms with Gasteiger partial charge in [-0.2, -0.15) is 0 Å². The zero-order valence-corrected chi connectivity index (χ0v) is 20.9. The van der Waals surface area contributed by atoms with E-state index in [1.807, 2.05) is 30.3 Å². The lowest BCUT2D eigenvalue weighted by atomic mass is 9.84. The van der Waals surface area contributed by atoms with Crippen molar-refractivity contribution in [1.82, 2.24) is 4.90 Å². The lowest BCUT2D eigenvalue weighted by molar-refractivity contribution is 0.0213. The van der Waals surface area contributed by atoms with Gasteiger partial charge in [0.15, 0.2) is 0 Å². The van der Waals surface area contributed by atoms with Gasteiger partial charge in [-0.05, 0) is 59.0 Å². The van der Waals surface area contributed by atoms with Gasteiger partial charge < -0.3 is 19.7 Å². The summed E-state index contributed by atoms with van der Waals surface area (Å²) in [5.41, 5.74) is 2.54. The number of phenols is 2. The normalized spacial score (nSPS) is 20.9. The molecule has 7 heteroatoms. The van der Waals surface area contributed by atoms with Crippen LogP contribution in [-0.2, 0) is 0 Å². The van der Waals surface area contributed by atoms with E-state index >= 15 is 0 Å². The lowest BCUT2D eigenvalue weighted by Gasteiger charge is -2.45. The third-order valence-corrected chi connectivity index (χ3v) is 7.47. The Morgan fingerprint density at radius 3 is 2.26 bits per heavy atom. The minimum Gasteiger partial charge on any atom is -0.508 e. The van der Waals surface area contributed by atoms with Crippen LogP contribution >= 0.6 is 24.2 Å². The van der Waals surface area contributed by atoms with Gasteiger partial charge in [-0.25, -0.2) is 0 Å². The van der Waals surface area contributed by atoms with Crippen LogP contribution in [0.3, 0.4) is 0 Å². The molecule has 180 valence electrons. The molecule has 0 spiro atoms. The highest BCUT2D eigenvalue weighted by atomic mass is 35.5. The Morgan fingerprint density at radius 2 is 1.59 bits per heavy atom. The zero-order valence-electron chi connectivity index (χ0n) is 19.3. The van der Waals surface area contributed by atoms with E-state index in [0.717, 1.165) is 47.2 Å².